The Morgan fingerprint density at radius 3 is 2.68 bits per heavy atom. The second-order valence-corrected chi connectivity index (χ2v) is 6.82. The largest absolute Gasteiger partial charge is 0.481 e. The lowest BCUT2D eigenvalue weighted by molar-refractivity contribution is -0.385. The van der Waals surface area contributed by atoms with Gasteiger partial charge in [0.05, 0.1) is 10.6 Å². The molecule has 2 aromatic heterocycles. The number of aliphatic carboxylic acids is 1. The van der Waals surface area contributed by atoms with Gasteiger partial charge in [-0.25, -0.2) is 9.67 Å². The van der Waals surface area contributed by atoms with Gasteiger partial charge < -0.3 is 14.7 Å². The topological polar surface area (TPSA) is 137 Å². The molecule has 0 radical (unpaired) electrons. The van der Waals surface area contributed by atoms with E-state index < -0.39 is 10.9 Å². The number of aryl methyl sites for hydroxylation is 2. The van der Waals surface area contributed by atoms with Gasteiger partial charge in [-0.05, 0) is 32.1 Å². The van der Waals surface area contributed by atoms with Crippen molar-refractivity contribution in [1.29, 1.82) is 0 Å². The van der Waals surface area contributed by atoms with Gasteiger partial charge in [0, 0.05) is 32.6 Å². The molecule has 0 spiro atoms. The molecule has 2 aromatic rings. The van der Waals surface area contributed by atoms with E-state index in [-0.39, 0.29) is 23.8 Å². The van der Waals surface area contributed by atoms with Gasteiger partial charge in [0.2, 0.25) is 11.7 Å². The van der Waals surface area contributed by atoms with E-state index in [0.29, 0.717) is 31.3 Å². The van der Waals surface area contributed by atoms with E-state index in [1.807, 2.05) is 4.90 Å². The van der Waals surface area contributed by atoms with Crippen LogP contribution in [0.15, 0.2) is 12.4 Å². The minimum atomic E-state index is -0.805. The van der Waals surface area contributed by atoms with Crippen LogP contribution < -0.4 is 9.64 Å². The summed E-state index contributed by atoms with van der Waals surface area (Å²) in [5, 5.41) is 24.7. The molecule has 11 heteroatoms. The molecular formula is C17H22N6O5. The Morgan fingerprint density at radius 2 is 2.11 bits per heavy atom. The van der Waals surface area contributed by atoms with E-state index in [9.17, 15) is 14.9 Å². The first-order valence-corrected chi connectivity index (χ1v) is 8.99. The first kappa shape index (κ1) is 19.5. The molecule has 0 unspecified atom stereocenters. The molecular weight excluding hydrogens is 368 g/mol. The predicted octanol–water partition coefficient (Wildman–Crippen LogP) is 2.30. The summed E-state index contributed by atoms with van der Waals surface area (Å²) in [5.41, 5.74) is 0.434. The highest BCUT2D eigenvalue weighted by Gasteiger charge is 2.31. The number of carbonyl (C=O) groups is 1. The Balaban J connectivity index is 1.79. The zero-order chi connectivity index (χ0) is 20.3. The van der Waals surface area contributed by atoms with E-state index in [1.54, 1.807) is 20.0 Å². The SMILES string of the molecule is Cc1cc(Oc2ncnc(N3CCC(CCC(=O)O)CC3)c2[N+](=O)[O-])n(C)n1. The highest BCUT2D eigenvalue weighted by molar-refractivity contribution is 5.66. The lowest BCUT2D eigenvalue weighted by Gasteiger charge is -2.32. The van der Waals surface area contributed by atoms with Crippen LogP contribution in [0.4, 0.5) is 11.5 Å². The highest BCUT2D eigenvalue weighted by Crippen LogP contribution is 2.37. The molecule has 1 saturated heterocycles. The third kappa shape index (κ3) is 4.35. The van der Waals surface area contributed by atoms with Crippen molar-refractivity contribution in [3.05, 3.63) is 28.2 Å². The minimum absolute atomic E-state index is 0.133. The molecule has 1 aliphatic rings. The third-order valence-electron chi connectivity index (χ3n) is 4.79. The van der Waals surface area contributed by atoms with E-state index in [1.165, 1.54) is 11.0 Å². The van der Waals surface area contributed by atoms with Crippen LogP contribution in [0.3, 0.4) is 0 Å². The smallest absolute Gasteiger partial charge is 0.373 e. The summed E-state index contributed by atoms with van der Waals surface area (Å²) in [4.78, 5) is 31.9. The lowest BCUT2D eigenvalue weighted by atomic mass is 9.92. The number of nitro groups is 1. The number of hydrogen-bond acceptors (Lipinski definition) is 8. The van der Waals surface area contributed by atoms with Crippen molar-refractivity contribution in [1.82, 2.24) is 19.7 Å². The van der Waals surface area contributed by atoms with Crippen LogP contribution in [0.25, 0.3) is 0 Å². The van der Waals surface area contributed by atoms with Crippen molar-refractivity contribution in [2.45, 2.75) is 32.6 Å². The quantitative estimate of drug-likeness (QED) is 0.557. The molecule has 3 rings (SSSR count). The maximum Gasteiger partial charge on any atom is 0.373 e. The monoisotopic (exact) mass is 390 g/mol. The molecule has 28 heavy (non-hydrogen) atoms. The standard InChI is InChI=1S/C17H22N6O5/c1-11-9-13(21(2)20-11)28-17-15(23(26)27)16(18-10-19-17)22-7-5-12(6-8-22)3-4-14(24)25/h9-10,12H,3-8H2,1-2H3,(H,24,25). The van der Waals surface area contributed by atoms with E-state index in [0.717, 1.165) is 18.5 Å². The number of anilines is 1. The fraction of sp³-hybridized carbons (Fsp3) is 0.529. The van der Waals surface area contributed by atoms with Crippen molar-refractivity contribution in [3.63, 3.8) is 0 Å². The number of piperidine rings is 1. The summed E-state index contributed by atoms with van der Waals surface area (Å²) in [5.74, 6) is -0.0864. The van der Waals surface area contributed by atoms with Gasteiger partial charge in [-0.15, -0.1) is 0 Å². The van der Waals surface area contributed by atoms with E-state index in [4.69, 9.17) is 9.84 Å². The molecule has 0 saturated carbocycles. The summed E-state index contributed by atoms with van der Waals surface area (Å²) in [7, 11) is 1.68. The number of ether oxygens (including phenoxy) is 1. The van der Waals surface area contributed by atoms with Crippen molar-refractivity contribution in [2.24, 2.45) is 13.0 Å². The van der Waals surface area contributed by atoms with E-state index >= 15 is 0 Å². The molecule has 0 aliphatic carbocycles. The average molecular weight is 390 g/mol. The van der Waals surface area contributed by atoms with Crippen LogP contribution in [0, 0.1) is 23.0 Å². The van der Waals surface area contributed by atoms with E-state index in [2.05, 4.69) is 15.1 Å². The van der Waals surface area contributed by atoms with Gasteiger partial charge in [-0.2, -0.15) is 10.1 Å². The van der Waals surface area contributed by atoms with Crippen LogP contribution in [0.5, 0.6) is 11.8 Å². The Kier molecular flexibility index (Phi) is 5.71. The third-order valence-corrected chi connectivity index (χ3v) is 4.79. The van der Waals surface area contributed by atoms with Crippen molar-refractivity contribution in [2.75, 3.05) is 18.0 Å². The van der Waals surface area contributed by atoms with Crippen LogP contribution in [0.2, 0.25) is 0 Å². The first-order chi connectivity index (χ1) is 13.3. The zero-order valence-corrected chi connectivity index (χ0v) is 15.7. The van der Waals surface area contributed by atoms with Crippen LogP contribution in [-0.2, 0) is 11.8 Å². The van der Waals surface area contributed by atoms with Gasteiger partial charge in [0.1, 0.15) is 6.33 Å². The second kappa shape index (κ2) is 8.19. The number of nitrogens with zero attached hydrogens (tertiary/aromatic N) is 6. The molecule has 0 amide bonds. The Bertz CT molecular complexity index is 875. The summed E-state index contributed by atoms with van der Waals surface area (Å²) in [6.07, 6.45) is 3.51. The number of hydrogen-bond donors (Lipinski definition) is 1. The average Bonchev–Trinajstić information content (AvgIpc) is 2.97. The molecule has 1 aliphatic heterocycles. The molecule has 0 bridgehead atoms. The van der Waals surface area contributed by atoms with Gasteiger partial charge in [-0.3, -0.25) is 14.9 Å². The molecule has 3 heterocycles. The van der Waals surface area contributed by atoms with Gasteiger partial charge in [0.15, 0.2) is 0 Å². The summed E-state index contributed by atoms with van der Waals surface area (Å²) >= 11 is 0. The summed E-state index contributed by atoms with van der Waals surface area (Å²) in [6.45, 7) is 2.92. The van der Waals surface area contributed by atoms with Crippen LogP contribution >= 0.6 is 0 Å². The summed E-state index contributed by atoms with van der Waals surface area (Å²) in [6, 6.07) is 1.67. The zero-order valence-electron chi connectivity index (χ0n) is 15.7. The lowest BCUT2D eigenvalue weighted by Crippen LogP contribution is -2.35. The fourth-order valence-corrected chi connectivity index (χ4v) is 3.36. The number of carboxylic acids is 1. The molecule has 1 N–H and O–H groups in total. The van der Waals surface area contributed by atoms with Crippen molar-refractivity contribution < 1.29 is 19.6 Å². The Labute approximate surface area is 161 Å². The van der Waals surface area contributed by atoms with Crippen molar-refractivity contribution in [3.8, 4) is 11.8 Å². The number of aromatic nitrogens is 4. The number of rotatable bonds is 7. The maximum absolute atomic E-state index is 11.7. The Hall–Kier alpha value is -3.24. The van der Waals surface area contributed by atoms with Gasteiger partial charge >= 0.3 is 17.5 Å². The maximum atomic E-state index is 11.7. The van der Waals surface area contributed by atoms with Crippen molar-refractivity contribution >= 4 is 17.5 Å². The summed E-state index contributed by atoms with van der Waals surface area (Å²) < 4.78 is 7.14. The van der Waals surface area contributed by atoms with Gasteiger partial charge in [0.25, 0.3) is 0 Å². The van der Waals surface area contributed by atoms with Gasteiger partial charge in [-0.1, -0.05) is 0 Å². The molecule has 1 fully saturated rings. The Morgan fingerprint density at radius 1 is 1.39 bits per heavy atom. The molecule has 0 aromatic carbocycles. The molecule has 0 atom stereocenters. The van der Waals surface area contributed by atoms with Crippen LogP contribution in [-0.4, -0.2) is 48.8 Å². The molecule has 150 valence electrons. The minimum Gasteiger partial charge on any atom is -0.481 e. The first-order valence-electron chi connectivity index (χ1n) is 8.99. The van der Waals surface area contributed by atoms with Crippen LogP contribution in [0.1, 0.15) is 31.4 Å². The fourth-order valence-electron chi connectivity index (χ4n) is 3.36. The second-order valence-electron chi connectivity index (χ2n) is 6.82. The molecule has 11 nitrogen and oxygen atoms in total. The normalized spacial score (nSPS) is 14.9. The number of carboxylic acid groups (broad SMARTS) is 1. The predicted molar refractivity (Wildman–Crippen MR) is 98.5 cm³/mol. The highest BCUT2D eigenvalue weighted by atomic mass is 16.6.